The number of carboxylic acid groups (broad SMARTS) is 1. The predicted octanol–water partition coefficient (Wildman–Crippen LogP) is 6.83. The van der Waals surface area contributed by atoms with Crippen molar-refractivity contribution in [2.75, 3.05) is 16.3 Å². The molecule has 1 amide bonds. The molecule has 39 heavy (non-hydrogen) atoms. The van der Waals surface area contributed by atoms with E-state index >= 15 is 0 Å². The molecule has 5 rings (SSSR count). The fraction of sp³-hybridized carbons (Fsp3) is 0.333. The van der Waals surface area contributed by atoms with Crippen molar-refractivity contribution in [1.29, 1.82) is 0 Å². The summed E-state index contributed by atoms with van der Waals surface area (Å²) in [5.41, 5.74) is 3.02. The van der Waals surface area contributed by atoms with Gasteiger partial charge in [0.1, 0.15) is 5.75 Å². The minimum absolute atomic E-state index is 0.0588. The van der Waals surface area contributed by atoms with Crippen molar-refractivity contribution >= 4 is 23.3 Å². The molecule has 0 radical (unpaired) electrons. The third-order valence-corrected chi connectivity index (χ3v) is 7.55. The molecule has 0 saturated heterocycles. The maximum atomic E-state index is 13.9. The number of ether oxygens (including phenoxy) is 1. The first-order chi connectivity index (χ1) is 18.7. The SMILES string of the molecule is O=C(O)CCCN(c1ccccc1)C1c2ccccc2N(C(=O)c2ccc(OC(F)(F)F)cc2)C2CCCC12. The van der Waals surface area contributed by atoms with Crippen molar-refractivity contribution < 1.29 is 32.6 Å². The molecule has 0 aromatic heterocycles. The third-order valence-electron chi connectivity index (χ3n) is 7.55. The van der Waals surface area contributed by atoms with Gasteiger partial charge in [-0.15, -0.1) is 13.2 Å². The molecule has 204 valence electrons. The van der Waals surface area contributed by atoms with Gasteiger partial charge in [-0.1, -0.05) is 42.8 Å². The van der Waals surface area contributed by atoms with Gasteiger partial charge in [0.25, 0.3) is 5.91 Å². The lowest BCUT2D eigenvalue weighted by Gasteiger charge is -2.48. The van der Waals surface area contributed by atoms with E-state index in [2.05, 4.69) is 9.64 Å². The normalized spacial score (nSPS) is 20.2. The largest absolute Gasteiger partial charge is 0.573 e. The number of rotatable bonds is 8. The van der Waals surface area contributed by atoms with Crippen LogP contribution in [-0.4, -0.2) is 35.9 Å². The summed E-state index contributed by atoms with van der Waals surface area (Å²) in [5.74, 6) is -1.39. The summed E-state index contributed by atoms with van der Waals surface area (Å²) < 4.78 is 41.8. The highest BCUT2D eigenvalue weighted by Gasteiger charge is 2.48. The van der Waals surface area contributed by atoms with Gasteiger partial charge in [0.05, 0.1) is 6.04 Å². The van der Waals surface area contributed by atoms with Crippen LogP contribution in [0.1, 0.15) is 54.1 Å². The Morgan fingerprint density at radius 2 is 1.64 bits per heavy atom. The number of aliphatic carboxylic acids is 1. The fourth-order valence-corrected chi connectivity index (χ4v) is 6.07. The van der Waals surface area contributed by atoms with Crippen LogP contribution in [0.15, 0.2) is 78.9 Å². The highest BCUT2D eigenvalue weighted by molar-refractivity contribution is 6.07. The Balaban J connectivity index is 1.52. The van der Waals surface area contributed by atoms with Crippen molar-refractivity contribution in [3.05, 3.63) is 90.0 Å². The van der Waals surface area contributed by atoms with Crippen molar-refractivity contribution in [2.24, 2.45) is 5.92 Å². The van der Waals surface area contributed by atoms with Gasteiger partial charge < -0.3 is 19.6 Å². The van der Waals surface area contributed by atoms with E-state index in [4.69, 9.17) is 0 Å². The Kier molecular flexibility index (Phi) is 7.50. The van der Waals surface area contributed by atoms with Crippen LogP contribution in [0.4, 0.5) is 24.5 Å². The monoisotopic (exact) mass is 538 g/mol. The fourth-order valence-electron chi connectivity index (χ4n) is 6.07. The highest BCUT2D eigenvalue weighted by Crippen LogP contribution is 2.51. The maximum absolute atomic E-state index is 13.9. The van der Waals surface area contributed by atoms with E-state index in [1.165, 1.54) is 12.1 Å². The molecule has 3 aromatic carbocycles. The van der Waals surface area contributed by atoms with Crippen LogP contribution in [0, 0.1) is 5.92 Å². The van der Waals surface area contributed by atoms with Crippen molar-refractivity contribution in [1.82, 2.24) is 0 Å². The van der Waals surface area contributed by atoms with Crippen molar-refractivity contribution in [3.8, 4) is 5.75 Å². The molecule has 3 aromatic rings. The number of hydrogen-bond acceptors (Lipinski definition) is 4. The lowest BCUT2D eigenvalue weighted by molar-refractivity contribution is -0.274. The van der Waals surface area contributed by atoms with Gasteiger partial charge in [0, 0.05) is 41.9 Å². The number of alkyl halides is 3. The average molecular weight is 539 g/mol. The van der Waals surface area contributed by atoms with Gasteiger partial charge in [0.2, 0.25) is 0 Å². The van der Waals surface area contributed by atoms with Gasteiger partial charge in [-0.2, -0.15) is 0 Å². The molecular formula is C30H29F3N2O4. The van der Waals surface area contributed by atoms with Crippen LogP contribution >= 0.6 is 0 Å². The van der Waals surface area contributed by atoms with Gasteiger partial charge in [-0.3, -0.25) is 9.59 Å². The number of nitrogens with zero attached hydrogens (tertiary/aromatic N) is 2. The second kappa shape index (κ2) is 11.0. The minimum Gasteiger partial charge on any atom is -0.481 e. The number of halogens is 3. The molecule has 1 heterocycles. The molecular weight excluding hydrogens is 509 g/mol. The number of benzene rings is 3. The summed E-state index contributed by atoms with van der Waals surface area (Å²) in [6.45, 7) is 0.549. The van der Waals surface area contributed by atoms with E-state index in [-0.39, 0.29) is 41.6 Å². The zero-order valence-electron chi connectivity index (χ0n) is 21.2. The number of para-hydroxylation sites is 2. The zero-order chi connectivity index (χ0) is 27.6. The molecule has 0 spiro atoms. The van der Waals surface area contributed by atoms with E-state index in [0.717, 1.165) is 48.3 Å². The van der Waals surface area contributed by atoms with E-state index in [1.54, 1.807) is 0 Å². The second-order valence-corrected chi connectivity index (χ2v) is 9.94. The van der Waals surface area contributed by atoms with Crippen molar-refractivity contribution in [2.45, 2.75) is 50.6 Å². The molecule has 1 fully saturated rings. The van der Waals surface area contributed by atoms with Gasteiger partial charge in [0.15, 0.2) is 0 Å². The topological polar surface area (TPSA) is 70.1 Å². The number of hydrogen-bond donors (Lipinski definition) is 1. The standard InChI is InChI=1S/C30H29F3N2O4/c31-30(32,33)39-22-17-15-20(16-18-22)29(38)35-25-12-5-4-10-23(25)28(24-11-6-13-26(24)35)34(19-7-14-27(36)37)21-8-2-1-3-9-21/h1-5,8-10,12,15-18,24,26,28H,6-7,11,13-14,19H2,(H,36,37). The molecule has 1 aliphatic carbocycles. The van der Waals surface area contributed by atoms with Crippen LogP contribution in [0.2, 0.25) is 0 Å². The Bertz CT molecular complexity index is 1310. The molecule has 6 nitrogen and oxygen atoms in total. The van der Waals surface area contributed by atoms with Crippen LogP contribution in [0.25, 0.3) is 0 Å². The smallest absolute Gasteiger partial charge is 0.481 e. The lowest BCUT2D eigenvalue weighted by Crippen LogP contribution is -2.51. The summed E-state index contributed by atoms with van der Waals surface area (Å²) in [5, 5.41) is 9.27. The Labute approximate surface area is 224 Å². The maximum Gasteiger partial charge on any atom is 0.573 e. The summed E-state index contributed by atoms with van der Waals surface area (Å²) >= 11 is 0. The molecule has 9 heteroatoms. The summed E-state index contributed by atoms with van der Waals surface area (Å²) in [6, 6.07) is 22.5. The first kappa shape index (κ1) is 26.6. The number of carbonyl (C=O) groups excluding carboxylic acids is 1. The van der Waals surface area contributed by atoms with Crippen molar-refractivity contribution in [3.63, 3.8) is 0 Å². The number of amides is 1. The number of fused-ring (bicyclic) bond motifs is 2. The Morgan fingerprint density at radius 3 is 2.33 bits per heavy atom. The summed E-state index contributed by atoms with van der Waals surface area (Å²) in [4.78, 5) is 29.3. The van der Waals surface area contributed by atoms with Gasteiger partial charge >= 0.3 is 12.3 Å². The molecule has 3 unspecified atom stereocenters. The first-order valence-electron chi connectivity index (χ1n) is 13.0. The molecule has 3 atom stereocenters. The molecule has 1 N–H and O–H groups in total. The summed E-state index contributed by atoms with van der Waals surface area (Å²) in [6.07, 6.45) is -1.64. The van der Waals surface area contributed by atoms with E-state index in [9.17, 15) is 27.9 Å². The van der Waals surface area contributed by atoms with Gasteiger partial charge in [-0.25, -0.2) is 0 Å². The minimum atomic E-state index is -4.81. The predicted molar refractivity (Wildman–Crippen MR) is 141 cm³/mol. The quantitative estimate of drug-likeness (QED) is 0.341. The average Bonchev–Trinajstić information content (AvgIpc) is 3.39. The van der Waals surface area contributed by atoms with E-state index in [1.807, 2.05) is 59.5 Å². The van der Waals surface area contributed by atoms with Crippen LogP contribution in [0.5, 0.6) is 5.75 Å². The first-order valence-corrected chi connectivity index (χ1v) is 13.0. The Morgan fingerprint density at radius 1 is 0.949 bits per heavy atom. The van der Waals surface area contributed by atoms with E-state index in [0.29, 0.717) is 13.0 Å². The van der Waals surface area contributed by atoms with Crippen LogP contribution < -0.4 is 14.5 Å². The number of anilines is 2. The molecule has 0 bridgehead atoms. The molecule has 1 aliphatic heterocycles. The second-order valence-electron chi connectivity index (χ2n) is 9.94. The highest BCUT2D eigenvalue weighted by atomic mass is 19.4. The van der Waals surface area contributed by atoms with Crippen LogP contribution in [-0.2, 0) is 4.79 Å². The number of carbonyl (C=O) groups is 2. The number of carboxylic acids is 1. The zero-order valence-corrected chi connectivity index (χ0v) is 21.2. The Hall–Kier alpha value is -4.01. The van der Waals surface area contributed by atoms with E-state index < -0.39 is 12.3 Å². The van der Waals surface area contributed by atoms with Gasteiger partial charge in [-0.05, 0) is 67.3 Å². The summed E-state index contributed by atoms with van der Waals surface area (Å²) in [7, 11) is 0. The lowest BCUT2D eigenvalue weighted by atomic mass is 9.81. The van der Waals surface area contributed by atoms with Crippen LogP contribution in [0.3, 0.4) is 0 Å². The molecule has 1 saturated carbocycles. The third kappa shape index (κ3) is 5.72. The molecule has 2 aliphatic rings.